The summed E-state index contributed by atoms with van der Waals surface area (Å²) in [5.74, 6) is 1.46. The fourth-order valence-electron chi connectivity index (χ4n) is 4.13. The second-order valence-corrected chi connectivity index (χ2v) is 8.24. The average Bonchev–Trinajstić information content (AvgIpc) is 3.21. The van der Waals surface area contributed by atoms with Crippen molar-refractivity contribution in [3.8, 4) is 5.75 Å². The number of aryl methyl sites for hydroxylation is 3. The molecule has 0 unspecified atom stereocenters. The van der Waals surface area contributed by atoms with Crippen molar-refractivity contribution < 1.29 is 9.53 Å². The Morgan fingerprint density at radius 2 is 1.87 bits per heavy atom. The first kappa shape index (κ1) is 20.9. The smallest absolute Gasteiger partial charge is 0.332 e. The minimum Gasteiger partial charge on any atom is -0.484 e. The van der Waals surface area contributed by atoms with Crippen molar-refractivity contribution in [2.24, 2.45) is 14.1 Å². The molecule has 3 aromatic rings. The molecule has 0 bridgehead atoms. The fourth-order valence-corrected chi connectivity index (χ4v) is 4.13. The van der Waals surface area contributed by atoms with Gasteiger partial charge in [-0.2, -0.15) is 0 Å². The lowest BCUT2D eigenvalue weighted by Crippen LogP contribution is -2.40. The van der Waals surface area contributed by atoms with E-state index in [0.29, 0.717) is 30.1 Å². The molecule has 0 atom stereocenters. The van der Waals surface area contributed by atoms with Crippen LogP contribution in [0.2, 0.25) is 0 Å². The van der Waals surface area contributed by atoms with E-state index in [9.17, 15) is 14.4 Å². The van der Waals surface area contributed by atoms with Gasteiger partial charge in [0.25, 0.3) is 11.5 Å². The summed E-state index contributed by atoms with van der Waals surface area (Å²) in [6.07, 6.45) is 1.45. The number of piperidine rings is 1. The van der Waals surface area contributed by atoms with Crippen LogP contribution < -0.4 is 16.0 Å². The Balaban J connectivity index is 1.41. The highest BCUT2D eigenvalue weighted by Gasteiger charge is 2.27. The zero-order valence-electron chi connectivity index (χ0n) is 18.3. The quantitative estimate of drug-likeness (QED) is 0.680. The highest BCUT2D eigenvalue weighted by atomic mass is 16.5. The van der Waals surface area contributed by atoms with Crippen molar-refractivity contribution in [2.45, 2.75) is 32.6 Å². The molecule has 1 fully saturated rings. The van der Waals surface area contributed by atoms with Crippen LogP contribution in [0.3, 0.4) is 0 Å². The van der Waals surface area contributed by atoms with Gasteiger partial charge in [0.15, 0.2) is 12.3 Å². The van der Waals surface area contributed by atoms with E-state index in [1.165, 1.54) is 11.6 Å². The highest BCUT2D eigenvalue weighted by molar-refractivity contribution is 5.78. The Kier molecular flexibility index (Phi) is 5.43. The molecule has 9 heteroatoms. The summed E-state index contributed by atoms with van der Waals surface area (Å²) in [5, 5.41) is 0. The Hall–Kier alpha value is -3.36. The van der Waals surface area contributed by atoms with E-state index in [0.717, 1.165) is 34.3 Å². The van der Waals surface area contributed by atoms with Crippen LogP contribution >= 0.6 is 0 Å². The third-order valence-corrected chi connectivity index (χ3v) is 6.03. The molecule has 3 heterocycles. The average molecular weight is 425 g/mol. The molecule has 0 radical (unpaired) electrons. The van der Waals surface area contributed by atoms with E-state index in [1.54, 1.807) is 11.9 Å². The molecule has 1 saturated heterocycles. The van der Waals surface area contributed by atoms with Crippen LogP contribution in [0, 0.1) is 13.8 Å². The van der Waals surface area contributed by atoms with Crippen molar-refractivity contribution in [1.82, 2.24) is 24.0 Å². The Labute approximate surface area is 179 Å². The number of carbonyl (C=O) groups is 1. The topological polar surface area (TPSA) is 102 Å². The molecule has 1 aromatic carbocycles. The summed E-state index contributed by atoms with van der Waals surface area (Å²) >= 11 is 0. The lowest BCUT2D eigenvalue weighted by atomic mass is 9.96. The number of fused-ring (bicyclic) bond motifs is 1. The van der Waals surface area contributed by atoms with Crippen LogP contribution in [0.5, 0.6) is 5.75 Å². The van der Waals surface area contributed by atoms with Gasteiger partial charge in [-0.25, -0.2) is 9.78 Å². The Morgan fingerprint density at radius 1 is 1.16 bits per heavy atom. The number of amides is 1. The molecule has 1 N–H and O–H groups in total. The van der Waals surface area contributed by atoms with Crippen molar-refractivity contribution in [3.05, 3.63) is 56.0 Å². The third kappa shape index (κ3) is 3.87. The summed E-state index contributed by atoms with van der Waals surface area (Å²) < 4.78 is 8.17. The van der Waals surface area contributed by atoms with Crippen molar-refractivity contribution in [2.75, 3.05) is 19.7 Å². The second kappa shape index (κ2) is 8.05. The maximum atomic E-state index is 12.6. The highest BCUT2D eigenvalue weighted by Crippen LogP contribution is 2.27. The lowest BCUT2D eigenvalue weighted by molar-refractivity contribution is -0.134. The van der Waals surface area contributed by atoms with Crippen molar-refractivity contribution in [1.29, 1.82) is 0 Å². The van der Waals surface area contributed by atoms with Gasteiger partial charge in [0, 0.05) is 33.1 Å². The van der Waals surface area contributed by atoms with Crippen molar-refractivity contribution in [3.63, 3.8) is 0 Å². The first-order chi connectivity index (χ1) is 14.8. The number of ether oxygens (including phenoxy) is 1. The van der Waals surface area contributed by atoms with Gasteiger partial charge in [0.05, 0.1) is 0 Å². The van der Waals surface area contributed by atoms with Crippen LogP contribution in [-0.4, -0.2) is 49.6 Å². The SMILES string of the molecule is Cc1ccc(OCC(=O)N2CCC(c3nc4c([nH]3)c(=O)n(C)c(=O)n4C)CC2)c(C)c1. The first-order valence-electron chi connectivity index (χ1n) is 10.4. The molecule has 1 aliphatic heterocycles. The predicted octanol–water partition coefficient (Wildman–Crippen LogP) is 1.36. The normalized spacial score (nSPS) is 14.9. The summed E-state index contributed by atoms with van der Waals surface area (Å²) in [6, 6.07) is 5.89. The maximum Gasteiger partial charge on any atom is 0.332 e. The van der Waals surface area contributed by atoms with Crippen LogP contribution in [0.25, 0.3) is 11.2 Å². The summed E-state index contributed by atoms with van der Waals surface area (Å²) in [5.41, 5.74) is 2.08. The van der Waals surface area contributed by atoms with Gasteiger partial charge >= 0.3 is 5.69 Å². The molecule has 0 aliphatic carbocycles. The van der Waals surface area contributed by atoms with E-state index < -0.39 is 5.69 Å². The van der Waals surface area contributed by atoms with Crippen LogP contribution in [0.15, 0.2) is 27.8 Å². The molecule has 9 nitrogen and oxygen atoms in total. The molecule has 0 spiro atoms. The van der Waals surface area contributed by atoms with E-state index in [4.69, 9.17) is 4.74 Å². The Bertz CT molecular complexity index is 1260. The van der Waals surface area contributed by atoms with Crippen LogP contribution in [0.1, 0.15) is 35.7 Å². The molecule has 0 saturated carbocycles. The number of aromatic amines is 1. The maximum absolute atomic E-state index is 12.6. The standard InChI is InChI=1S/C22H27N5O4/c1-13-5-6-16(14(2)11-13)31-12-17(28)27-9-7-15(8-10-27)19-23-18-20(24-19)25(3)22(30)26(4)21(18)29/h5-6,11,15H,7-10,12H2,1-4H3,(H,23,24). The van der Waals surface area contributed by atoms with Gasteiger partial charge in [-0.1, -0.05) is 17.7 Å². The fraction of sp³-hybridized carbons (Fsp3) is 0.455. The molecule has 164 valence electrons. The lowest BCUT2D eigenvalue weighted by Gasteiger charge is -2.31. The van der Waals surface area contributed by atoms with Gasteiger partial charge in [-0.15, -0.1) is 0 Å². The summed E-state index contributed by atoms with van der Waals surface area (Å²) in [6.45, 7) is 5.18. The second-order valence-electron chi connectivity index (χ2n) is 8.24. The number of nitrogens with zero attached hydrogens (tertiary/aromatic N) is 4. The number of hydrogen-bond acceptors (Lipinski definition) is 5. The molecule has 1 aliphatic rings. The number of rotatable bonds is 4. The number of benzene rings is 1. The number of nitrogens with one attached hydrogen (secondary N) is 1. The summed E-state index contributed by atoms with van der Waals surface area (Å²) in [4.78, 5) is 46.5. The minimum atomic E-state index is -0.403. The molecule has 2 aromatic heterocycles. The number of likely N-dealkylation sites (tertiary alicyclic amines) is 1. The monoisotopic (exact) mass is 425 g/mol. The molecular formula is C22H27N5O4. The number of H-pyrrole nitrogens is 1. The predicted molar refractivity (Wildman–Crippen MR) is 117 cm³/mol. The van der Waals surface area contributed by atoms with Gasteiger partial charge in [-0.05, 0) is 38.3 Å². The zero-order valence-corrected chi connectivity index (χ0v) is 18.3. The van der Waals surface area contributed by atoms with E-state index in [1.807, 2.05) is 32.0 Å². The van der Waals surface area contributed by atoms with E-state index in [2.05, 4.69) is 9.97 Å². The first-order valence-corrected chi connectivity index (χ1v) is 10.4. The van der Waals surface area contributed by atoms with E-state index in [-0.39, 0.29) is 24.0 Å². The number of imidazole rings is 1. The number of hydrogen-bond donors (Lipinski definition) is 1. The third-order valence-electron chi connectivity index (χ3n) is 6.03. The molecule has 4 rings (SSSR count). The van der Waals surface area contributed by atoms with E-state index >= 15 is 0 Å². The van der Waals surface area contributed by atoms with Gasteiger partial charge in [0.2, 0.25) is 0 Å². The zero-order chi connectivity index (χ0) is 22.3. The largest absolute Gasteiger partial charge is 0.484 e. The Morgan fingerprint density at radius 3 is 2.55 bits per heavy atom. The summed E-state index contributed by atoms with van der Waals surface area (Å²) in [7, 11) is 3.06. The number of aromatic nitrogens is 4. The van der Waals surface area contributed by atoms with Gasteiger partial charge in [0.1, 0.15) is 17.1 Å². The minimum absolute atomic E-state index is 0.0113. The molecular weight excluding hydrogens is 398 g/mol. The van der Waals surface area contributed by atoms with Gasteiger partial charge in [-0.3, -0.25) is 18.7 Å². The molecule has 1 amide bonds. The van der Waals surface area contributed by atoms with Crippen LogP contribution in [-0.2, 0) is 18.9 Å². The molecule has 31 heavy (non-hydrogen) atoms. The van der Waals surface area contributed by atoms with Crippen LogP contribution in [0.4, 0.5) is 0 Å². The van der Waals surface area contributed by atoms with Crippen molar-refractivity contribution >= 4 is 17.1 Å². The number of carbonyl (C=O) groups excluding carboxylic acids is 1. The van der Waals surface area contributed by atoms with Gasteiger partial charge < -0.3 is 14.6 Å².